The van der Waals surface area contributed by atoms with Gasteiger partial charge < -0.3 is 11.5 Å². The minimum absolute atomic E-state index is 0.442. The molecule has 0 heterocycles. The molecule has 0 aliphatic carbocycles. The molecule has 0 saturated heterocycles. The topological polar surface area (TPSA) is 52.0 Å². The van der Waals surface area contributed by atoms with Crippen LogP contribution in [0.5, 0.6) is 0 Å². The molecule has 168 valence electrons. The first-order valence-corrected chi connectivity index (χ1v) is 12.5. The lowest BCUT2D eigenvalue weighted by Crippen LogP contribution is -1.91. The number of anilines is 2. The molecule has 0 aromatic heterocycles. The van der Waals surface area contributed by atoms with E-state index in [1.54, 1.807) is 48.5 Å². The Kier molecular flexibility index (Phi) is 7.52. The van der Waals surface area contributed by atoms with E-state index in [2.05, 4.69) is 0 Å². The number of benzene rings is 4. The van der Waals surface area contributed by atoms with Crippen LogP contribution in [0, 0.1) is 0 Å². The smallest absolute Gasteiger partial charge is 0.0639 e. The maximum Gasteiger partial charge on any atom is 0.0639 e. The molecule has 0 fully saturated rings. The molecule has 4 rings (SSSR count). The highest BCUT2D eigenvalue weighted by Gasteiger charge is 2.20. The second-order valence-electron chi connectivity index (χ2n) is 7.05. The Balaban J connectivity index is 1.81. The van der Waals surface area contributed by atoms with Gasteiger partial charge in [-0.15, -0.1) is 0 Å². The summed E-state index contributed by atoms with van der Waals surface area (Å²) in [7, 11) is 0. The summed E-state index contributed by atoms with van der Waals surface area (Å²) in [6.07, 6.45) is 0. The second kappa shape index (κ2) is 10.1. The van der Waals surface area contributed by atoms with Crippen LogP contribution in [0.3, 0.4) is 0 Å². The lowest BCUT2D eigenvalue weighted by molar-refractivity contribution is 1.40. The van der Waals surface area contributed by atoms with Crippen molar-refractivity contribution in [1.82, 2.24) is 0 Å². The number of rotatable bonds is 4. The van der Waals surface area contributed by atoms with Gasteiger partial charge in [0.05, 0.1) is 30.1 Å². The molecule has 0 aliphatic rings. The summed E-state index contributed by atoms with van der Waals surface area (Å²) in [6, 6.07) is 17.5. The van der Waals surface area contributed by atoms with Crippen LogP contribution in [0.1, 0.15) is 0 Å². The molecule has 0 amide bonds. The van der Waals surface area contributed by atoms with E-state index in [4.69, 9.17) is 81.1 Å². The molecule has 0 radical (unpaired) electrons. The Morgan fingerprint density at radius 3 is 1.24 bits per heavy atom. The first-order valence-electron chi connectivity index (χ1n) is 9.42. The number of nitrogen functional groups attached to an aromatic ring is 2. The molecule has 4 N–H and O–H groups in total. The van der Waals surface area contributed by atoms with Gasteiger partial charge in [0.1, 0.15) is 0 Å². The van der Waals surface area contributed by atoms with Gasteiger partial charge in [0.2, 0.25) is 0 Å². The largest absolute Gasteiger partial charge is 0.399 e. The first-order chi connectivity index (χ1) is 15.7. The van der Waals surface area contributed by atoms with Crippen molar-refractivity contribution in [3.8, 4) is 22.3 Å². The van der Waals surface area contributed by atoms with Crippen LogP contribution in [0.2, 0.25) is 30.1 Å². The molecular formula is C24H14Cl6N2S. The predicted molar refractivity (Wildman–Crippen MR) is 147 cm³/mol. The quantitative estimate of drug-likeness (QED) is 0.238. The minimum Gasteiger partial charge on any atom is -0.399 e. The number of halogens is 6. The van der Waals surface area contributed by atoms with E-state index in [0.29, 0.717) is 63.8 Å². The maximum absolute atomic E-state index is 6.79. The van der Waals surface area contributed by atoms with Crippen molar-refractivity contribution >= 4 is 92.7 Å². The molecule has 9 heteroatoms. The summed E-state index contributed by atoms with van der Waals surface area (Å²) in [5.74, 6) is 0. The van der Waals surface area contributed by atoms with Crippen LogP contribution >= 0.6 is 81.4 Å². The molecule has 0 atom stereocenters. The number of nitrogens with two attached hydrogens (primary N) is 2. The van der Waals surface area contributed by atoms with E-state index in [-0.39, 0.29) is 0 Å². The van der Waals surface area contributed by atoms with Crippen LogP contribution in [0.25, 0.3) is 22.3 Å². The fourth-order valence-electron chi connectivity index (χ4n) is 3.30. The molecule has 0 unspecified atom stereocenters. The zero-order valence-electron chi connectivity index (χ0n) is 16.6. The molecule has 0 saturated carbocycles. The Morgan fingerprint density at radius 1 is 0.485 bits per heavy atom. The molecule has 0 aliphatic heterocycles. The third-order valence-electron chi connectivity index (χ3n) is 4.86. The maximum atomic E-state index is 6.79. The average Bonchev–Trinajstić information content (AvgIpc) is 2.75. The summed E-state index contributed by atoms with van der Waals surface area (Å²) < 4.78 is 0. The van der Waals surface area contributed by atoms with E-state index in [1.807, 2.05) is 12.1 Å². The van der Waals surface area contributed by atoms with Crippen LogP contribution in [0.15, 0.2) is 70.5 Å². The van der Waals surface area contributed by atoms with Gasteiger partial charge in [-0.05, 0) is 48.5 Å². The highest BCUT2D eigenvalue weighted by Crippen LogP contribution is 2.49. The lowest BCUT2D eigenvalue weighted by Gasteiger charge is -2.16. The minimum atomic E-state index is 0.442. The van der Waals surface area contributed by atoms with Gasteiger partial charge in [-0.1, -0.05) is 93.5 Å². The fraction of sp³-hybridized carbons (Fsp3) is 0. The molecular weight excluding hydrogens is 561 g/mol. The molecule has 4 aromatic carbocycles. The number of hydrogen-bond acceptors (Lipinski definition) is 3. The summed E-state index contributed by atoms with van der Waals surface area (Å²) >= 11 is 40.8. The molecule has 33 heavy (non-hydrogen) atoms. The zero-order chi connectivity index (χ0) is 23.9. The van der Waals surface area contributed by atoms with Gasteiger partial charge in [-0.25, -0.2) is 0 Å². The Labute approximate surface area is 225 Å². The van der Waals surface area contributed by atoms with E-state index < -0.39 is 0 Å². The number of hydrogen-bond donors (Lipinski definition) is 2. The van der Waals surface area contributed by atoms with Crippen LogP contribution in [0.4, 0.5) is 11.4 Å². The standard InChI is InChI=1S/C24H14Cl6N2S/c25-15-5-7-19(23(29)21(15)13-3-1-11(31)9-17(13)27)33-20-8-6-16(26)22(24(20)30)14-4-2-12(32)10-18(14)28/h1-10H,31-32H2. The normalized spacial score (nSPS) is 11.1. The predicted octanol–water partition coefficient (Wildman–Crippen LogP) is 10.3. The molecule has 0 spiro atoms. The Hall–Kier alpha value is -1.43. The van der Waals surface area contributed by atoms with Crippen molar-refractivity contribution in [3.63, 3.8) is 0 Å². The highest BCUT2D eigenvalue weighted by molar-refractivity contribution is 7.99. The van der Waals surface area contributed by atoms with Crippen molar-refractivity contribution in [3.05, 3.63) is 90.8 Å². The van der Waals surface area contributed by atoms with E-state index in [9.17, 15) is 0 Å². The van der Waals surface area contributed by atoms with Crippen LogP contribution < -0.4 is 11.5 Å². The third-order valence-corrected chi connectivity index (χ3v) is 8.24. The van der Waals surface area contributed by atoms with E-state index in [0.717, 1.165) is 9.79 Å². The van der Waals surface area contributed by atoms with Gasteiger partial charge in [-0.3, -0.25) is 0 Å². The average molecular weight is 575 g/mol. The third kappa shape index (κ3) is 5.01. The van der Waals surface area contributed by atoms with Crippen LogP contribution in [-0.4, -0.2) is 0 Å². The highest BCUT2D eigenvalue weighted by atomic mass is 35.5. The Bertz CT molecular complexity index is 1290. The zero-order valence-corrected chi connectivity index (χ0v) is 22.0. The van der Waals surface area contributed by atoms with Crippen molar-refractivity contribution in [1.29, 1.82) is 0 Å². The summed E-state index contributed by atoms with van der Waals surface area (Å²) in [5, 5.41) is 2.71. The summed E-state index contributed by atoms with van der Waals surface area (Å²) in [5.41, 5.74) is 15.3. The van der Waals surface area contributed by atoms with Gasteiger partial charge in [0, 0.05) is 43.4 Å². The SMILES string of the molecule is Nc1ccc(-c2c(Cl)ccc(Sc3ccc(Cl)c(-c4ccc(N)cc4Cl)c3Cl)c2Cl)c(Cl)c1. The Morgan fingerprint density at radius 2 is 0.879 bits per heavy atom. The van der Waals surface area contributed by atoms with Crippen molar-refractivity contribution < 1.29 is 0 Å². The van der Waals surface area contributed by atoms with Gasteiger partial charge in [0.15, 0.2) is 0 Å². The summed E-state index contributed by atoms with van der Waals surface area (Å²) in [4.78, 5) is 1.48. The summed E-state index contributed by atoms with van der Waals surface area (Å²) in [6.45, 7) is 0. The molecule has 4 aromatic rings. The van der Waals surface area contributed by atoms with Gasteiger partial charge in [-0.2, -0.15) is 0 Å². The van der Waals surface area contributed by atoms with Crippen molar-refractivity contribution in [2.24, 2.45) is 0 Å². The molecule has 0 bridgehead atoms. The van der Waals surface area contributed by atoms with Crippen molar-refractivity contribution in [2.75, 3.05) is 11.5 Å². The van der Waals surface area contributed by atoms with Gasteiger partial charge >= 0.3 is 0 Å². The van der Waals surface area contributed by atoms with Crippen molar-refractivity contribution in [2.45, 2.75) is 9.79 Å². The molecule has 2 nitrogen and oxygen atoms in total. The van der Waals surface area contributed by atoms with E-state index >= 15 is 0 Å². The lowest BCUT2D eigenvalue weighted by atomic mass is 10.0. The van der Waals surface area contributed by atoms with E-state index in [1.165, 1.54) is 11.8 Å². The van der Waals surface area contributed by atoms with Gasteiger partial charge in [0.25, 0.3) is 0 Å². The monoisotopic (exact) mass is 572 g/mol. The first kappa shape index (κ1) is 24.7. The second-order valence-corrected chi connectivity index (χ2v) is 10.5. The fourth-order valence-corrected chi connectivity index (χ4v) is 6.14. The van der Waals surface area contributed by atoms with Crippen LogP contribution in [-0.2, 0) is 0 Å².